The van der Waals surface area contributed by atoms with Gasteiger partial charge in [-0.05, 0) is 12.1 Å². The molecular weight excluding hydrogens is 291 g/mol. The number of halogens is 2. The Balaban J connectivity index is 2.00. The Morgan fingerprint density at radius 2 is 2.00 bits per heavy atom. The van der Waals surface area contributed by atoms with E-state index in [4.69, 9.17) is 23.2 Å². The first-order valence-corrected chi connectivity index (χ1v) is 6.65. The predicted octanol–water partition coefficient (Wildman–Crippen LogP) is 3.90. The third kappa shape index (κ3) is 2.12. The number of benzene rings is 1. The van der Waals surface area contributed by atoms with Crippen LogP contribution in [0.4, 0.5) is 0 Å². The third-order valence-corrected chi connectivity index (χ3v) is 3.98. The minimum absolute atomic E-state index is 0.521. The Morgan fingerprint density at radius 3 is 2.72 bits per heavy atom. The maximum atomic E-state index is 5.99. The number of hydrogen-bond donors (Lipinski definition) is 1. The molecule has 0 radical (unpaired) electrons. The first-order chi connectivity index (χ1) is 8.74. The average Bonchev–Trinajstić information content (AvgIpc) is 3.01. The lowest BCUT2D eigenvalue weighted by molar-refractivity contribution is 0.941. The second kappa shape index (κ2) is 4.68. The van der Waals surface area contributed by atoms with Crippen molar-refractivity contribution in [2.24, 2.45) is 0 Å². The van der Waals surface area contributed by atoms with Gasteiger partial charge < -0.3 is 0 Å². The second-order valence-electron chi connectivity index (χ2n) is 3.53. The molecule has 0 spiro atoms. The molecule has 1 aromatic carbocycles. The van der Waals surface area contributed by atoms with Crippen molar-refractivity contribution in [2.75, 3.05) is 0 Å². The summed E-state index contributed by atoms with van der Waals surface area (Å²) in [6.45, 7) is 0. The molecule has 0 unspecified atom stereocenters. The van der Waals surface area contributed by atoms with Crippen LogP contribution >= 0.6 is 34.5 Å². The first kappa shape index (κ1) is 11.6. The summed E-state index contributed by atoms with van der Waals surface area (Å²) in [5, 5.41) is 14.1. The third-order valence-electron chi connectivity index (χ3n) is 2.35. The minimum atomic E-state index is 0.521. The number of hydrogen-bond acceptors (Lipinski definition) is 4. The second-order valence-corrected chi connectivity index (χ2v) is 5.20. The standard InChI is InChI=1S/C11H6Cl2N4S/c12-7-2-1-6(3-8(7)13)11-15-10(5-18-11)9-4-14-17-16-9/h1-5H,(H,14,16,17). The molecule has 18 heavy (non-hydrogen) atoms. The van der Waals surface area contributed by atoms with Crippen molar-refractivity contribution in [1.82, 2.24) is 20.4 Å². The first-order valence-electron chi connectivity index (χ1n) is 5.02. The molecule has 0 saturated carbocycles. The van der Waals surface area contributed by atoms with Crippen molar-refractivity contribution in [3.05, 3.63) is 39.8 Å². The van der Waals surface area contributed by atoms with Gasteiger partial charge >= 0.3 is 0 Å². The van der Waals surface area contributed by atoms with E-state index in [1.165, 1.54) is 11.3 Å². The van der Waals surface area contributed by atoms with Crippen molar-refractivity contribution >= 4 is 34.5 Å². The molecule has 0 bridgehead atoms. The van der Waals surface area contributed by atoms with Gasteiger partial charge in [0.05, 0.1) is 16.2 Å². The van der Waals surface area contributed by atoms with Crippen LogP contribution in [0.15, 0.2) is 29.8 Å². The maximum Gasteiger partial charge on any atom is 0.132 e. The molecule has 0 saturated heterocycles. The molecule has 90 valence electrons. The molecule has 2 aromatic heterocycles. The van der Waals surface area contributed by atoms with Crippen LogP contribution in [0.2, 0.25) is 10.0 Å². The van der Waals surface area contributed by atoms with Gasteiger partial charge in [0, 0.05) is 10.9 Å². The van der Waals surface area contributed by atoms with Gasteiger partial charge in [0.1, 0.15) is 16.4 Å². The van der Waals surface area contributed by atoms with E-state index in [9.17, 15) is 0 Å². The predicted molar refractivity (Wildman–Crippen MR) is 72.9 cm³/mol. The average molecular weight is 297 g/mol. The smallest absolute Gasteiger partial charge is 0.132 e. The van der Waals surface area contributed by atoms with Gasteiger partial charge in [-0.3, -0.25) is 5.10 Å². The largest absolute Gasteiger partial charge is 0.265 e. The van der Waals surface area contributed by atoms with E-state index in [0.717, 1.165) is 22.0 Å². The van der Waals surface area contributed by atoms with Gasteiger partial charge in [-0.15, -0.1) is 16.4 Å². The molecular formula is C11H6Cl2N4S. The van der Waals surface area contributed by atoms with Crippen molar-refractivity contribution < 1.29 is 0 Å². The normalized spacial score (nSPS) is 10.8. The van der Waals surface area contributed by atoms with Crippen LogP contribution < -0.4 is 0 Å². The fourth-order valence-electron chi connectivity index (χ4n) is 1.48. The zero-order valence-corrected chi connectivity index (χ0v) is 11.2. The van der Waals surface area contributed by atoms with Crippen molar-refractivity contribution in [3.8, 4) is 22.0 Å². The summed E-state index contributed by atoms with van der Waals surface area (Å²) in [4.78, 5) is 4.49. The molecule has 2 heterocycles. The van der Waals surface area contributed by atoms with Crippen LogP contribution in [0.5, 0.6) is 0 Å². The monoisotopic (exact) mass is 296 g/mol. The van der Waals surface area contributed by atoms with Gasteiger partial charge in [-0.2, -0.15) is 0 Å². The van der Waals surface area contributed by atoms with Crippen LogP contribution in [0.25, 0.3) is 22.0 Å². The van der Waals surface area contributed by atoms with Crippen LogP contribution in [0, 0.1) is 0 Å². The van der Waals surface area contributed by atoms with Gasteiger partial charge in [-0.25, -0.2) is 4.98 Å². The molecule has 7 heteroatoms. The van der Waals surface area contributed by atoms with E-state index in [-0.39, 0.29) is 0 Å². The highest BCUT2D eigenvalue weighted by atomic mass is 35.5. The molecule has 0 fully saturated rings. The Morgan fingerprint density at radius 1 is 1.11 bits per heavy atom. The van der Waals surface area contributed by atoms with Gasteiger partial charge in [0.15, 0.2) is 0 Å². The summed E-state index contributed by atoms with van der Waals surface area (Å²) in [5.74, 6) is 0. The van der Waals surface area contributed by atoms with Crippen LogP contribution in [-0.2, 0) is 0 Å². The number of aromatic nitrogens is 4. The van der Waals surface area contributed by atoms with E-state index < -0.39 is 0 Å². The lowest BCUT2D eigenvalue weighted by Gasteiger charge is -1.98. The van der Waals surface area contributed by atoms with E-state index in [1.54, 1.807) is 18.3 Å². The number of rotatable bonds is 2. The highest BCUT2D eigenvalue weighted by Crippen LogP contribution is 2.31. The molecule has 0 atom stereocenters. The fourth-order valence-corrected chi connectivity index (χ4v) is 2.59. The molecule has 0 aliphatic rings. The van der Waals surface area contributed by atoms with E-state index in [1.807, 2.05) is 11.4 Å². The van der Waals surface area contributed by atoms with Crippen molar-refractivity contribution in [2.45, 2.75) is 0 Å². The Hall–Kier alpha value is -1.43. The molecule has 0 amide bonds. The minimum Gasteiger partial charge on any atom is -0.265 e. The Kier molecular flexibility index (Phi) is 3.03. The zero-order valence-electron chi connectivity index (χ0n) is 8.89. The topological polar surface area (TPSA) is 54.5 Å². The summed E-state index contributed by atoms with van der Waals surface area (Å²) in [5.41, 5.74) is 2.44. The molecule has 0 aliphatic heterocycles. The molecule has 3 rings (SSSR count). The van der Waals surface area contributed by atoms with E-state index in [0.29, 0.717) is 10.0 Å². The number of nitrogens with one attached hydrogen (secondary N) is 1. The summed E-state index contributed by atoms with van der Waals surface area (Å²) >= 11 is 13.4. The Labute approximate surface area is 117 Å². The van der Waals surface area contributed by atoms with E-state index >= 15 is 0 Å². The van der Waals surface area contributed by atoms with Crippen LogP contribution in [0.1, 0.15) is 0 Å². The Bertz CT molecular complexity index is 678. The van der Waals surface area contributed by atoms with Crippen molar-refractivity contribution in [3.63, 3.8) is 0 Å². The number of thiazole rings is 1. The number of nitrogens with zero attached hydrogens (tertiary/aromatic N) is 3. The lowest BCUT2D eigenvalue weighted by atomic mass is 10.2. The SMILES string of the molecule is Clc1ccc(-c2nc(-c3c[nH]nn3)cs2)cc1Cl. The lowest BCUT2D eigenvalue weighted by Crippen LogP contribution is -1.80. The number of H-pyrrole nitrogens is 1. The highest BCUT2D eigenvalue weighted by molar-refractivity contribution is 7.13. The van der Waals surface area contributed by atoms with Crippen LogP contribution in [0.3, 0.4) is 0 Å². The number of aromatic amines is 1. The highest BCUT2D eigenvalue weighted by Gasteiger charge is 2.09. The summed E-state index contributed by atoms with van der Waals surface area (Å²) in [7, 11) is 0. The van der Waals surface area contributed by atoms with Gasteiger partial charge in [0.25, 0.3) is 0 Å². The summed E-state index contributed by atoms with van der Waals surface area (Å²) < 4.78 is 0. The molecule has 3 aromatic rings. The van der Waals surface area contributed by atoms with Crippen LogP contribution in [-0.4, -0.2) is 20.4 Å². The maximum absolute atomic E-state index is 5.99. The van der Waals surface area contributed by atoms with Gasteiger partial charge in [-0.1, -0.05) is 34.5 Å². The zero-order chi connectivity index (χ0) is 12.5. The molecule has 1 N–H and O–H groups in total. The summed E-state index contributed by atoms with van der Waals surface area (Å²) in [6.07, 6.45) is 1.70. The summed E-state index contributed by atoms with van der Waals surface area (Å²) in [6, 6.07) is 5.45. The van der Waals surface area contributed by atoms with Gasteiger partial charge in [0.2, 0.25) is 0 Å². The van der Waals surface area contributed by atoms with Crippen molar-refractivity contribution in [1.29, 1.82) is 0 Å². The molecule has 4 nitrogen and oxygen atoms in total. The van der Waals surface area contributed by atoms with E-state index in [2.05, 4.69) is 20.4 Å². The molecule has 0 aliphatic carbocycles. The quantitative estimate of drug-likeness (QED) is 0.780. The fraction of sp³-hybridized carbons (Fsp3) is 0.